The summed E-state index contributed by atoms with van der Waals surface area (Å²) in [6.45, 7) is 7.65. The molecule has 0 aromatic heterocycles. The molecule has 0 aromatic carbocycles. The highest BCUT2D eigenvalue weighted by Gasteiger charge is 2.29. The third-order valence-electron chi connectivity index (χ3n) is 3.55. The zero-order chi connectivity index (χ0) is 12.7. The molecule has 0 aliphatic heterocycles. The first-order valence-electron chi connectivity index (χ1n) is 7.12. The van der Waals surface area contributed by atoms with E-state index >= 15 is 0 Å². The Hall–Kier alpha value is -0.120. The summed E-state index contributed by atoms with van der Waals surface area (Å²) >= 11 is 0. The van der Waals surface area contributed by atoms with Gasteiger partial charge in [-0.25, -0.2) is 0 Å². The van der Waals surface area contributed by atoms with E-state index in [2.05, 4.69) is 18.7 Å². The van der Waals surface area contributed by atoms with Crippen molar-refractivity contribution in [3.05, 3.63) is 0 Å². The lowest BCUT2D eigenvalue weighted by Crippen LogP contribution is -2.33. The minimum atomic E-state index is 0.357. The number of hydrogen-bond donors (Lipinski definition) is 1. The molecule has 102 valence electrons. The fourth-order valence-corrected chi connectivity index (χ4v) is 2.35. The molecule has 0 heterocycles. The van der Waals surface area contributed by atoms with Crippen LogP contribution in [0.25, 0.3) is 0 Å². The van der Waals surface area contributed by atoms with Crippen molar-refractivity contribution in [2.75, 3.05) is 26.8 Å². The molecule has 3 heteroatoms. The maximum absolute atomic E-state index is 5.78. The van der Waals surface area contributed by atoms with E-state index in [0.29, 0.717) is 6.04 Å². The standard InChI is InChI=1S/C14H30N2O/c1-12(5-4-6-13(2)15)11-16(9-10-17-3)14-7-8-14/h12-14H,4-11,15H2,1-3H3. The zero-order valence-electron chi connectivity index (χ0n) is 11.8. The van der Waals surface area contributed by atoms with E-state index in [9.17, 15) is 0 Å². The second kappa shape index (κ2) is 8.06. The van der Waals surface area contributed by atoms with Crippen LogP contribution >= 0.6 is 0 Å². The van der Waals surface area contributed by atoms with Crippen LogP contribution < -0.4 is 5.73 Å². The Labute approximate surface area is 107 Å². The van der Waals surface area contributed by atoms with Crippen molar-refractivity contribution < 1.29 is 4.74 Å². The maximum atomic E-state index is 5.78. The summed E-state index contributed by atoms with van der Waals surface area (Å²) < 4.78 is 5.19. The van der Waals surface area contributed by atoms with Crippen molar-refractivity contribution in [2.24, 2.45) is 11.7 Å². The molecule has 1 fully saturated rings. The molecule has 1 rings (SSSR count). The number of nitrogens with zero attached hydrogens (tertiary/aromatic N) is 1. The van der Waals surface area contributed by atoms with E-state index in [4.69, 9.17) is 10.5 Å². The second-order valence-electron chi connectivity index (χ2n) is 5.73. The average Bonchev–Trinajstić information content (AvgIpc) is 3.07. The SMILES string of the molecule is COCCN(CC(C)CCCC(C)N)C1CC1. The van der Waals surface area contributed by atoms with Crippen LogP contribution in [-0.2, 0) is 4.74 Å². The van der Waals surface area contributed by atoms with E-state index in [1.165, 1.54) is 32.2 Å². The first-order chi connectivity index (χ1) is 8.13. The molecule has 1 aliphatic rings. The van der Waals surface area contributed by atoms with E-state index in [0.717, 1.165) is 31.5 Å². The van der Waals surface area contributed by atoms with Gasteiger partial charge < -0.3 is 10.5 Å². The van der Waals surface area contributed by atoms with Crippen molar-refractivity contribution in [2.45, 2.75) is 58.0 Å². The summed E-state index contributed by atoms with van der Waals surface area (Å²) in [6.07, 6.45) is 6.50. The molecule has 1 aliphatic carbocycles. The van der Waals surface area contributed by atoms with Gasteiger partial charge >= 0.3 is 0 Å². The molecule has 0 bridgehead atoms. The highest BCUT2D eigenvalue weighted by Crippen LogP contribution is 2.27. The van der Waals surface area contributed by atoms with Gasteiger partial charge in [0, 0.05) is 32.3 Å². The zero-order valence-corrected chi connectivity index (χ0v) is 11.8. The van der Waals surface area contributed by atoms with Gasteiger partial charge in [0.05, 0.1) is 6.61 Å². The quantitative estimate of drug-likeness (QED) is 0.638. The highest BCUT2D eigenvalue weighted by molar-refractivity contribution is 4.85. The van der Waals surface area contributed by atoms with Crippen LogP contribution in [0.1, 0.15) is 46.0 Å². The van der Waals surface area contributed by atoms with Gasteiger partial charge in [0.1, 0.15) is 0 Å². The van der Waals surface area contributed by atoms with Crippen molar-refractivity contribution in [1.29, 1.82) is 0 Å². The van der Waals surface area contributed by atoms with Gasteiger partial charge in [0.15, 0.2) is 0 Å². The van der Waals surface area contributed by atoms with Crippen LogP contribution in [0.5, 0.6) is 0 Å². The molecule has 0 amide bonds. The Balaban J connectivity index is 2.14. The molecule has 0 aromatic rings. The predicted molar refractivity (Wildman–Crippen MR) is 73.1 cm³/mol. The Bertz CT molecular complexity index is 193. The maximum Gasteiger partial charge on any atom is 0.0589 e. The van der Waals surface area contributed by atoms with Crippen molar-refractivity contribution in [3.8, 4) is 0 Å². The number of nitrogens with two attached hydrogens (primary N) is 1. The minimum absolute atomic E-state index is 0.357. The lowest BCUT2D eigenvalue weighted by atomic mass is 10.0. The van der Waals surface area contributed by atoms with E-state index in [-0.39, 0.29) is 0 Å². The molecule has 3 nitrogen and oxygen atoms in total. The van der Waals surface area contributed by atoms with Crippen molar-refractivity contribution >= 4 is 0 Å². The van der Waals surface area contributed by atoms with Gasteiger partial charge in [-0.1, -0.05) is 13.3 Å². The Kier molecular flexibility index (Phi) is 7.09. The number of hydrogen-bond acceptors (Lipinski definition) is 3. The van der Waals surface area contributed by atoms with Gasteiger partial charge in [-0.2, -0.15) is 0 Å². The van der Waals surface area contributed by atoms with Gasteiger partial charge in [-0.05, 0) is 38.5 Å². The molecular weight excluding hydrogens is 212 g/mol. The third kappa shape index (κ3) is 7.02. The molecule has 0 saturated heterocycles. The highest BCUT2D eigenvalue weighted by atomic mass is 16.5. The molecule has 0 radical (unpaired) electrons. The van der Waals surface area contributed by atoms with Gasteiger partial charge in [0.2, 0.25) is 0 Å². The van der Waals surface area contributed by atoms with Gasteiger partial charge in [0.25, 0.3) is 0 Å². The van der Waals surface area contributed by atoms with Crippen LogP contribution in [0.2, 0.25) is 0 Å². The third-order valence-corrected chi connectivity index (χ3v) is 3.55. The smallest absolute Gasteiger partial charge is 0.0589 e. The number of rotatable bonds is 10. The average molecular weight is 242 g/mol. The van der Waals surface area contributed by atoms with Gasteiger partial charge in [-0.15, -0.1) is 0 Å². The lowest BCUT2D eigenvalue weighted by Gasteiger charge is -2.25. The Morgan fingerprint density at radius 2 is 2.00 bits per heavy atom. The Morgan fingerprint density at radius 3 is 2.53 bits per heavy atom. The van der Waals surface area contributed by atoms with Crippen LogP contribution in [0, 0.1) is 5.92 Å². The fraction of sp³-hybridized carbons (Fsp3) is 1.00. The predicted octanol–water partition coefficient (Wildman–Crippen LogP) is 2.25. The minimum Gasteiger partial charge on any atom is -0.383 e. The summed E-state index contributed by atoms with van der Waals surface area (Å²) in [5.41, 5.74) is 5.78. The molecule has 17 heavy (non-hydrogen) atoms. The van der Waals surface area contributed by atoms with E-state index in [1.54, 1.807) is 7.11 Å². The molecule has 2 unspecified atom stereocenters. The topological polar surface area (TPSA) is 38.5 Å². The summed E-state index contributed by atoms with van der Waals surface area (Å²) in [7, 11) is 1.79. The first-order valence-corrected chi connectivity index (χ1v) is 7.12. The van der Waals surface area contributed by atoms with Crippen molar-refractivity contribution in [1.82, 2.24) is 4.90 Å². The molecule has 2 atom stereocenters. The monoisotopic (exact) mass is 242 g/mol. The van der Waals surface area contributed by atoms with Crippen LogP contribution in [0.15, 0.2) is 0 Å². The molecule has 2 N–H and O–H groups in total. The van der Waals surface area contributed by atoms with Gasteiger partial charge in [-0.3, -0.25) is 4.90 Å². The van der Waals surface area contributed by atoms with E-state index < -0.39 is 0 Å². The summed E-state index contributed by atoms with van der Waals surface area (Å²) in [5.74, 6) is 0.784. The number of methoxy groups -OCH3 is 1. The first kappa shape index (κ1) is 14.9. The summed E-state index contributed by atoms with van der Waals surface area (Å²) in [6, 6.07) is 1.20. The second-order valence-corrected chi connectivity index (χ2v) is 5.73. The molecule has 0 spiro atoms. The van der Waals surface area contributed by atoms with Crippen LogP contribution in [0.3, 0.4) is 0 Å². The Morgan fingerprint density at radius 1 is 1.29 bits per heavy atom. The fourth-order valence-electron chi connectivity index (χ4n) is 2.35. The largest absolute Gasteiger partial charge is 0.383 e. The normalized spacial score (nSPS) is 19.6. The molecule has 1 saturated carbocycles. The molecular formula is C14H30N2O. The van der Waals surface area contributed by atoms with Crippen LogP contribution in [-0.4, -0.2) is 43.8 Å². The van der Waals surface area contributed by atoms with E-state index in [1.807, 2.05) is 0 Å². The lowest BCUT2D eigenvalue weighted by molar-refractivity contribution is 0.132. The van der Waals surface area contributed by atoms with Crippen LogP contribution in [0.4, 0.5) is 0 Å². The number of ether oxygens (including phenoxy) is 1. The summed E-state index contributed by atoms with van der Waals surface area (Å²) in [5, 5.41) is 0. The summed E-state index contributed by atoms with van der Waals surface area (Å²) in [4.78, 5) is 2.61. The van der Waals surface area contributed by atoms with Crippen molar-refractivity contribution in [3.63, 3.8) is 0 Å².